The molecule has 0 aromatic heterocycles. The third kappa shape index (κ3) is 3.00. The van der Waals surface area contributed by atoms with Gasteiger partial charge in [0.25, 0.3) is 0 Å². The van der Waals surface area contributed by atoms with Crippen molar-refractivity contribution in [2.75, 3.05) is 47.0 Å². The molecule has 0 aliphatic carbocycles. The number of aliphatic hydroxyl groups is 1. The molecule has 1 aliphatic heterocycles. The summed E-state index contributed by atoms with van der Waals surface area (Å²) in [4.78, 5) is 2.26. The second-order valence-corrected chi connectivity index (χ2v) is 4.56. The maximum Gasteiger partial charge on any atom is 0.127 e. The van der Waals surface area contributed by atoms with Crippen LogP contribution in [-0.2, 0) is 0 Å². The molecule has 1 aromatic carbocycles. The first-order valence-corrected chi connectivity index (χ1v) is 6.58. The van der Waals surface area contributed by atoms with Crippen LogP contribution in [0, 0.1) is 0 Å². The van der Waals surface area contributed by atoms with Crippen LogP contribution in [0.25, 0.3) is 0 Å². The molecule has 1 heterocycles. The molecular weight excluding hydrogens is 244 g/mol. The van der Waals surface area contributed by atoms with E-state index in [-0.39, 0.29) is 12.6 Å². The second-order valence-electron chi connectivity index (χ2n) is 4.56. The number of rotatable bonds is 5. The van der Waals surface area contributed by atoms with E-state index in [1.54, 1.807) is 14.2 Å². The number of ether oxygens (including phenoxy) is 2. The van der Waals surface area contributed by atoms with E-state index in [9.17, 15) is 5.11 Å². The molecule has 5 nitrogen and oxygen atoms in total. The van der Waals surface area contributed by atoms with Gasteiger partial charge in [-0.25, -0.2) is 0 Å². The number of methoxy groups -OCH3 is 2. The highest BCUT2D eigenvalue weighted by Gasteiger charge is 2.27. The van der Waals surface area contributed by atoms with Gasteiger partial charge in [-0.3, -0.25) is 4.90 Å². The largest absolute Gasteiger partial charge is 0.496 e. The fourth-order valence-corrected chi connectivity index (χ4v) is 2.59. The monoisotopic (exact) mass is 266 g/mol. The molecule has 0 spiro atoms. The van der Waals surface area contributed by atoms with Gasteiger partial charge in [0.05, 0.1) is 32.4 Å². The predicted octanol–water partition coefficient (Wildman–Crippen LogP) is 0.642. The minimum atomic E-state index is -0.0896. The molecule has 1 fully saturated rings. The molecule has 2 rings (SSSR count). The molecule has 1 aliphatic rings. The first kappa shape index (κ1) is 14.1. The number of hydrogen-bond donors (Lipinski definition) is 2. The van der Waals surface area contributed by atoms with Crippen LogP contribution in [0.5, 0.6) is 11.5 Å². The summed E-state index contributed by atoms with van der Waals surface area (Å²) in [6.45, 7) is 3.75. The summed E-state index contributed by atoms with van der Waals surface area (Å²) >= 11 is 0. The summed E-state index contributed by atoms with van der Waals surface area (Å²) in [6.07, 6.45) is 0. The molecule has 5 heteroatoms. The van der Waals surface area contributed by atoms with E-state index in [1.165, 1.54) is 0 Å². The van der Waals surface area contributed by atoms with Gasteiger partial charge in [0.1, 0.15) is 11.5 Å². The standard InChI is InChI=1S/C14H22N2O3/c1-18-12-4-3-5-13(19-2)14(12)11(10-17)16-8-6-15-7-9-16/h3-5,11,15,17H,6-10H2,1-2H3/t11-/m1/s1. The van der Waals surface area contributed by atoms with E-state index in [4.69, 9.17) is 9.47 Å². The number of nitrogens with one attached hydrogen (secondary N) is 1. The lowest BCUT2D eigenvalue weighted by molar-refractivity contribution is 0.107. The van der Waals surface area contributed by atoms with Crippen molar-refractivity contribution >= 4 is 0 Å². The maximum absolute atomic E-state index is 9.80. The third-order valence-corrected chi connectivity index (χ3v) is 3.56. The molecule has 2 N–H and O–H groups in total. The van der Waals surface area contributed by atoms with Crippen molar-refractivity contribution in [3.05, 3.63) is 23.8 Å². The van der Waals surface area contributed by atoms with E-state index in [0.29, 0.717) is 0 Å². The van der Waals surface area contributed by atoms with Gasteiger partial charge in [-0.15, -0.1) is 0 Å². The van der Waals surface area contributed by atoms with Crippen molar-refractivity contribution in [2.24, 2.45) is 0 Å². The molecule has 1 atom stereocenters. The minimum Gasteiger partial charge on any atom is -0.496 e. The molecule has 0 radical (unpaired) electrons. The van der Waals surface area contributed by atoms with Crippen LogP contribution in [0.15, 0.2) is 18.2 Å². The van der Waals surface area contributed by atoms with E-state index >= 15 is 0 Å². The topological polar surface area (TPSA) is 54.0 Å². The Balaban J connectivity index is 2.35. The number of nitrogens with zero attached hydrogens (tertiary/aromatic N) is 1. The summed E-state index contributed by atoms with van der Waals surface area (Å²) in [5.74, 6) is 1.52. The highest BCUT2D eigenvalue weighted by atomic mass is 16.5. The summed E-state index contributed by atoms with van der Waals surface area (Å²) in [5.41, 5.74) is 0.928. The Morgan fingerprint density at radius 1 is 1.21 bits per heavy atom. The molecule has 106 valence electrons. The number of aliphatic hydroxyl groups excluding tert-OH is 1. The SMILES string of the molecule is COc1cccc(OC)c1[C@@H](CO)N1CCNCC1. The molecular formula is C14H22N2O3. The Bertz CT molecular complexity index is 383. The van der Waals surface area contributed by atoms with Crippen LogP contribution in [0.4, 0.5) is 0 Å². The van der Waals surface area contributed by atoms with E-state index in [0.717, 1.165) is 43.2 Å². The van der Waals surface area contributed by atoms with Gasteiger partial charge in [0.15, 0.2) is 0 Å². The van der Waals surface area contributed by atoms with Crippen LogP contribution in [-0.4, -0.2) is 57.0 Å². The Morgan fingerprint density at radius 3 is 2.26 bits per heavy atom. The normalized spacial score (nSPS) is 18.1. The van der Waals surface area contributed by atoms with Crippen molar-refractivity contribution in [3.63, 3.8) is 0 Å². The zero-order valence-electron chi connectivity index (χ0n) is 11.6. The first-order valence-electron chi connectivity index (χ1n) is 6.58. The Morgan fingerprint density at radius 2 is 1.79 bits per heavy atom. The smallest absolute Gasteiger partial charge is 0.127 e. The molecule has 0 saturated carbocycles. The lowest BCUT2D eigenvalue weighted by atomic mass is 10.0. The fraction of sp³-hybridized carbons (Fsp3) is 0.571. The van der Waals surface area contributed by atoms with E-state index < -0.39 is 0 Å². The number of piperazine rings is 1. The Kier molecular flexibility index (Phi) is 5.01. The Hall–Kier alpha value is -1.30. The number of hydrogen-bond acceptors (Lipinski definition) is 5. The van der Waals surface area contributed by atoms with Gasteiger partial charge < -0.3 is 19.9 Å². The van der Waals surface area contributed by atoms with E-state index in [1.807, 2.05) is 18.2 Å². The van der Waals surface area contributed by atoms with Crippen molar-refractivity contribution < 1.29 is 14.6 Å². The van der Waals surface area contributed by atoms with Crippen molar-refractivity contribution in [1.29, 1.82) is 0 Å². The first-order chi connectivity index (χ1) is 9.31. The summed E-state index contributed by atoms with van der Waals surface area (Å²) in [7, 11) is 3.29. The zero-order chi connectivity index (χ0) is 13.7. The lowest BCUT2D eigenvalue weighted by Gasteiger charge is -2.35. The van der Waals surface area contributed by atoms with Gasteiger partial charge in [-0.1, -0.05) is 6.07 Å². The summed E-state index contributed by atoms with van der Waals surface area (Å²) < 4.78 is 10.9. The molecule has 0 amide bonds. The maximum atomic E-state index is 9.80. The zero-order valence-corrected chi connectivity index (χ0v) is 11.6. The van der Waals surface area contributed by atoms with Gasteiger partial charge in [-0.2, -0.15) is 0 Å². The van der Waals surface area contributed by atoms with Crippen molar-refractivity contribution in [2.45, 2.75) is 6.04 Å². The number of benzene rings is 1. The quantitative estimate of drug-likeness (QED) is 0.819. The van der Waals surface area contributed by atoms with Gasteiger partial charge >= 0.3 is 0 Å². The average Bonchev–Trinajstić information content (AvgIpc) is 2.49. The van der Waals surface area contributed by atoms with Gasteiger partial charge in [0, 0.05) is 26.2 Å². The highest BCUT2D eigenvalue weighted by molar-refractivity contribution is 5.47. The minimum absolute atomic E-state index is 0.0523. The fourth-order valence-electron chi connectivity index (χ4n) is 2.59. The van der Waals surface area contributed by atoms with Crippen molar-refractivity contribution in [3.8, 4) is 11.5 Å². The molecule has 1 saturated heterocycles. The third-order valence-electron chi connectivity index (χ3n) is 3.56. The van der Waals surface area contributed by atoms with Crippen molar-refractivity contribution in [1.82, 2.24) is 10.2 Å². The van der Waals surface area contributed by atoms with Gasteiger partial charge in [-0.05, 0) is 12.1 Å². The van der Waals surface area contributed by atoms with Crippen LogP contribution >= 0.6 is 0 Å². The average molecular weight is 266 g/mol. The lowest BCUT2D eigenvalue weighted by Crippen LogP contribution is -2.46. The Labute approximate surface area is 114 Å². The van der Waals surface area contributed by atoms with Crippen LogP contribution in [0.2, 0.25) is 0 Å². The van der Waals surface area contributed by atoms with Crippen LogP contribution < -0.4 is 14.8 Å². The molecule has 1 aromatic rings. The predicted molar refractivity (Wildman–Crippen MR) is 73.8 cm³/mol. The molecule has 19 heavy (non-hydrogen) atoms. The van der Waals surface area contributed by atoms with Crippen LogP contribution in [0.1, 0.15) is 11.6 Å². The summed E-state index contributed by atoms with van der Waals surface area (Å²) in [6, 6.07) is 5.62. The van der Waals surface area contributed by atoms with Crippen LogP contribution in [0.3, 0.4) is 0 Å². The summed E-state index contributed by atoms with van der Waals surface area (Å²) in [5, 5.41) is 13.1. The highest BCUT2D eigenvalue weighted by Crippen LogP contribution is 2.36. The van der Waals surface area contributed by atoms with Gasteiger partial charge in [0.2, 0.25) is 0 Å². The van der Waals surface area contributed by atoms with E-state index in [2.05, 4.69) is 10.2 Å². The second kappa shape index (κ2) is 6.75. The molecule has 0 bridgehead atoms. The molecule has 0 unspecified atom stereocenters.